The SMILES string of the molecule is COc1cc(/C=C2\SC(=O)N(Cc3ccccc3F)C2=O)cc(Br)c1OC(=O)c1cccc2ccccc12. The molecule has 2 amide bonds. The van der Waals surface area contributed by atoms with Crippen LogP contribution >= 0.6 is 27.7 Å². The number of carbonyl (C=O) groups is 3. The van der Waals surface area contributed by atoms with E-state index in [4.69, 9.17) is 9.47 Å². The van der Waals surface area contributed by atoms with Crippen LogP contribution in [-0.2, 0) is 11.3 Å². The van der Waals surface area contributed by atoms with Gasteiger partial charge in [-0.3, -0.25) is 14.5 Å². The van der Waals surface area contributed by atoms with Gasteiger partial charge in [0.05, 0.1) is 28.6 Å². The van der Waals surface area contributed by atoms with Gasteiger partial charge in [0, 0.05) is 5.56 Å². The monoisotopic (exact) mass is 591 g/mol. The van der Waals surface area contributed by atoms with E-state index in [9.17, 15) is 18.8 Å². The molecule has 38 heavy (non-hydrogen) atoms. The third kappa shape index (κ3) is 5.07. The maximum atomic E-state index is 14.1. The van der Waals surface area contributed by atoms with Crippen molar-refractivity contribution >= 4 is 61.7 Å². The van der Waals surface area contributed by atoms with E-state index in [0.717, 1.165) is 27.4 Å². The van der Waals surface area contributed by atoms with Gasteiger partial charge in [0.15, 0.2) is 11.5 Å². The number of imide groups is 1. The first kappa shape index (κ1) is 25.7. The zero-order valence-electron chi connectivity index (χ0n) is 19.9. The molecule has 1 heterocycles. The maximum Gasteiger partial charge on any atom is 0.344 e. The molecule has 0 saturated carbocycles. The summed E-state index contributed by atoms with van der Waals surface area (Å²) < 4.78 is 25.7. The lowest BCUT2D eigenvalue weighted by Gasteiger charge is -2.14. The maximum absolute atomic E-state index is 14.1. The van der Waals surface area contributed by atoms with Gasteiger partial charge in [-0.1, -0.05) is 54.6 Å². The van der Waals surface area contributed by atoms with Crippen LogP contribution in [0.3, 0.4) is 0 Å². The molecule has 1 aliphatic rings. The molecule has 6 nitrogen and oxygen atoms in total. The van der Waals surface area contributed by atoms with Gasteiger partial charge in [0.1, 0.15) is 5.82 Å². The van der Waals surface area contributed by atoms with Gasteiger partial charge in [-0.15, -0.1) is 0 Å². The third-order valence-corrected chi connectivity index (χ3v) is 7.41. The molecule has 1 aliphatic heterocycles. The fourth-order valence-electron chi connectivity index (χ4n) is 4.06. The highest BCUT2D eigenvalue weighted by atomic mass is 79.9. The van der Waals surface area contributed by atoms with Crippen molar-refractivity contribution < 1.29 is 28.2 Å². The van der Waals surface area contributed by atoms with E-state index in [1.165, 1.54) is 25.3 Å². The Hall–Kier alpha value is -3.95. The topological polar surface area (TPSA) is 72.9 Å². The van der Waals surface area contributed by atoms with E-state index in [0.29, 0.717) is 15.6 Å². The molecular weight excluding hydrogens is 573 g/mol. The van der Waals surface area contributed by atoms with E-state index in [-0.39, 0.29) is 28.5 Å². The van der Waals surface area contributed by atoms with Gasteiger partial charge in [-0.2, -0.15) is 0 Å². The van der Waals surface area contributed by atoms with Crippen LogP contribution in [0.15, 0.2) is 88.2 Å². The average molecular weight is 592 g/mol. The molecule has 4 aromatic carbocycles. The summed E-state index contributed by atoms with van der Waals surface area (Å²) in [7, 11) is 1.43. The lowest BCUT2D eigenvalue weighted by molar-refractivity contribution is -0.123. The van der Waals surface area contributed by atoms with Gasteiger partial charge in [-0.05, 0) is 74.4 Å². The number of hydrogen-bond donors (Lipinski definition) is 0. The first-order chi connectivity index (χ1) is 18.4. The second-order valence-electron chi connectivity index (χ2n) is 8.31. The Balaban J connectivity index is 1.40. The normalized spacial score (nSPS) is 14.4. The fourth-order valence-corrected chi connectivity index (χ4v) is 5.44. The smallest absolute Gasteiger partial charge is 0.344 e. The molecule has 1 saturated heterocycles. The number of fused-ring (bicyclic) bond motifs is 1. The van der Waals surface area contributed by atoms with Crippen LogP contribution in [0, 0.1) is 5.82 Å². The molecule has 0 unspecified atom stereocenters. The van der Waals surface area contributed by atoms with Gasteiger partial charge in [0.2, 0.25) is 0 Å². The number of rotatable bonds is 6. The molecule has 0 aromatic heterocycles. The van der Waals surface area contributed by atoms with Crippen molar-refractivity contribution in [3.05, 3.63) is 111 Å². The van der Waals surface area contributed by atoms with E-state index in [1.54, 1.807) is 36.4 Å². The minimum absolute atomic E-state index is 0.162. The number of amides is 2. The van der Waals surface area contributed by atoms with Gasteiger partial charge < -0.3 is 9.47 Å². The Morgan fingerprint density at radius 2 is 1.76 bits per heavy atom. The summed E-state index contributed by atoms with van der Waals surface area (Å²) in [5, 5.41) is 1.18. The number of esters is 1. The molecule has 190 valence electrons. The Kier molecular flexibility index (Phi) is 7.31. The summed E-state index contributed by atoms with van der Waals surface area (Å²) >= 11 is 4.20. The lowest BCUT2D eigenvalue weighted by Crippen LogP contribution is -2.27. The number of carbonyl (C=O) groups excluding carboxylic acids is 3. The summed E-state index contributed by atoms with van der Waals surface area (Å²) in [5.41, 5.74) is 1.19. The zero-order chi connectivity index (χ0) is 26.8. The molecule has 4 aromatic rings. The van der Waals surface area contributed by atoms with E-state index >= 15 is 0 Å². The van der Waals surface area contributed by atoms with Crippen LogP contribution in [0.25, 0.3) is 16.8 Å². The van der Waals surface area contributed by atoms with Crippen LogP contribution in [-0.4, -0.2) is 29.1 Å². The summed E-state index contributed by atoms with van der Waals surface area (Å²) in [6.07, 6.45) is 1.54. The van der Waals surface area contributed by atoms with Gasteiger partial charge in [-0.25, -0.2) is 9.18 Å². The zero-order valence-corrected chi connectivity index (χ0v) is 22.3. The van der Waals surface area contributed by atoms with Crippen LogP contribution in [0.5, 0.6) is 11.5 Å². The summed E-state index contributed by atoms with van der Waals surface area (Å²) in [6.45, 7) is -0.162. The number of nitrogens with zero attached hydrogens (tertiary/aromatic N) is 1. The van der Waals surface area contributed by atoms with Crippen molar-refractivity contribution in [2.24, 2.45) is 0 Å². The standard InChI is InChI=1S/C29H19BrFNO5S/c1-36-24-14-17(15-25-27(33)32(29(35)38-25)16-19-8-3-5-12-23(19)31)13-22(30)26(24)37-28(34)21-11-6-9-18-7-2-4-10-20(18)21/h2-15H,16H2,1H3/b25-15-. The quantitative estimate of drug-likeness (QED) is 0.134. The summed E-state index contributed by atoms with van der Waals surface area (Å²) in [5.74, 6) is -1.13. The molecule has 0 bridgehead atoms. The Morgan fingerprint density at radius 1 is 1.03 bits per heavy atom. The minimum atomic E-state index is -0.553. The van der Waals surface area contributed by atoms with Crippen molar-refractivity contribution in [3.8, 4) is 11.5 Å². The molecule has 0 aliphatic carbocycles. The molecular formula is C29H19BrFNO5S. The van der Waals surface area contributed by atoms with Crippen LogP contribution < -0.4 is 9.47 Å². The largest absolute Gasteiger partial charge is 0.493 e. The van der Waals surface area contributed by atoms with Crippen LogP contribution in [0.4, 0.5) is 9.18 Å². The molecule has 5 rings (SSSR count). The Bertz CT molecular complexity index is 1630. The van der Waals surface area contributed by atoms with E-state index in [2.05, 4.69) is 15.9 Å². The fraction of sp³-hybridized carbons (Fsp3) is 0.0690. The third-order valence-electron chi connectivity index (χ3n) is 5.91. The second kappa shape index (κ2) is 10.8. The second-order valence-corrected chi connectivity index (χ2v) is 10.2. The van der Waals surface area contributed by atoms with Gasteiger partial charge in [0.25, 0.3) is 11.1 Å². The average Bonchev–Trinajstić information content (AvgIpc) is 3.17. The highest BCUT2D eigenvalue weighted by Crippen LogP contribution is 2.40. The molecule has 9 heteroatoms. The highest BCUT2D eigenvalue weighted by molar-refractivity contribution is 9.10. The Labute approximate surface area is 230 Å². The molecule has 0 spiro atoms. The Morgan fingerprint density at radius 3 is 2.55 bits per heavy atom. The molecule has 1 fully saturated rings. The van der Waals surface area contributed by atoms with Crippen molar-refractivity contribution in [2.75, 3.05) is 7.11 Å². The summed E-state index contributed by atoms with van der Waals surface area (Å²) in [4.78, 5) is 39.7. The van der Waals surface area contributed by atoms with Crippen molar-refractivity contribution in [2.45, 2.75) is 6.54 Å². The number of hydrogen-bond acceptors (Lipinski definition) is 6. The predicted octanol–water partition coefficient (Wildman–Crippen LogP) is 7.21. The molecule has 0 atom stereocenters. The minimum Gasteiger partial charge on any atom is -0.493 e. The number of thioether (sulfide) groups is 1. The van der Waals surface area contributed by atoms with Crippen molar-refractivity contribution in [3.63, 3.8) is 0 Å². The number of benzene rings is 4. The van der Waals surface area contributed by atoms with Crippen LogP contribution in [0.1, 0.15) is 21.5 Å². The lowest BCUT2D eigenvalue weighted by atomic mass is 10.0. The van der Waals surface area contributed by atoms with E-state index in [1.807, 2.05) is 30.3 Å². The number of methoxy groups -OCH3 is 1. The molecule has 0 N–H and O–H groups in total. The van der Waals surface area contributed by atoms with Crippen LogP contribution in [0.2, 0.25) is 0 Å². The molecule has 0 radical (unpaired) electrons. The van der Waals surface area contributed by atoms with Crippen molar-refractivity contribution in [1.82, 2.24) is 4.90 Å². The van der Waals surface area contributed by atoms with Crippen molar-refractivity contribution in [1.29, 1.82) is 0 Å². The first-order valence-corrected chi connectivity index (χ1v) is 13.0. The summed E-state index contributed by atoms with van der Waals surface area (Å²) in [6, 6.07) is 22.1. The first-order valence-electron chi connectivity index (χ1n) is 11.4. The number of ether oxygens (including phenoxy) is 2. The number of halogens is 2. The van der Waals surface area contributed by atoms with Gasteiger partial charge >= 0.3 is 5.97 Å². The highest BCUT2D eigenvalue weighted by Gasteiger charge is 2.35. The van der Waals surface area contributed by atoms with E-state index < -0.39 is 22.9 Å². The predicted molar refractivity (Wildman–Crippen MR) is 148 cm³/mol.